The van der Waals surface area contributed by atoms with Crippen LogP contribution in [0.3, 0.4) is 0 Å². The number of Topliss-reactive ketones (excluding diaryl/α,β-unsaturated/α-hetero) is 1. The van der Waals surface area contributed by atoms with E-state index in [1.807, 2.05) is 6.07 Å². The molecule has 1 aromatic heterocycles. The molecule has 4 rings (SSSR count). The van der Waals surface area contributed by atoms with E-state index >= 15 is 0 Å². The van der Waals surface area contributed by atoms with Gasteiger partial charge in [-0.05, 0) is 23.8 Å². The van der Waals surface area contributed by atoms with Crippen LogP contribution in [0, 0.1) is 0 Å². The van der Waals surface area contributed by atoms with Gasteiger partial charge in [-0.2, -0.15) is 13.2 Å². The maximum Gasteiger partial charge on any atom is 0.416 e. The third-order valence-electron chi connectivity index (χ3n) is 5.35. The molecule has 1 spiro atoms. The molecule has 3 heterocycles. The molecule has 5 nitrogen and oxygen atoms in total. The second kappa shape index (κ2) is 7.76. The lowest BCUT2D eigenvalue weighted by molar-refractivity contribution is -0.169. The van der Waals surface area contributed by atoms with Gasteiger partial charge in [-0.3, -0.25) is 9.78 Å². The molecule has 2 aliphatic heterocycles. The molecule has 2 aromatic rings. The molecule has 154 valence electrons. The van der Waals surface area contributed by atoms with Crippen molar-refractivity contribution in [1.82, 2.24) is 4.98 Å². The summed E-state index contributed by atoms with van der Waals surface area (Å²) in [5.41, 5.74) is 0.657. The molecule has 29 heavy (non-hydrogen) atoms. The zero-order chi connectivity index (χ0) is 20.5. The summed E-state index contributed by atoms with van der Waals surface area (Å²) >= 11 is 0. The quantitative estimate of drug-likeness (QED) is 0.722. The van der Waals surface area contributed by atoms with Gasteiger partial charge in [0, 0.05) is 44.2 Å². The SMILES string of the molecule is O=C(Cc1cccc(C(F)(F)F)c1)c1cc(N2CCC3(CC2)OCCO3)ccn1. The van der Waals surface area contributed by atoms with Gasteiger partial charge in [-0.15, -0.1) is 0 Å². The van der Waals surface area contributed by atoms with Gasteiger partial charge in [0.25, 0.3) is 0 Å². The van der Waals surface area contributed by atoms with Crippen LogP contribution in [0.25, 0.3) is 0 Å². The van der Waals surface area contributed by atoms with E-state index in [9.17, 15) is 18.0 Å². The number of piperidine rings is 1. The number of halogens is 3. The van der Waals surface area contributed by atoms with Gasteiger partial charge in [-0.25, -0.2) is 0 Å². The van der Waals surface area contributed by atoms with Crippen LogP contribution in [0.1, 0.15) is 34.5 Å². The number of nitrogens with zero attached hydrogens (tertiary/aromatic N) is 2. The Balaban J connectivity index is 1.44. The summed E-state index contributed by atoms with van der Waals surface area (Å²) in [6.07, 6.45) is -1.53. The largest absolute Gasteiger partial charge is 0.416 e. The first-order valence-corrected chi connectivity index (χ1v) is 9.53. The first-order valence-electron chi connectivity index (χ1n) is 9.53. The van der Waals surface area contributed by atoms with Crippen LogP contribution in [0.4, 0.5) is 18.9 Å². The first kappa shape index (κ1) is 19.8. The Kier molecular flexibility index (Phi) is 5.31. The molecule has 0 aliphatic carbocycles. The van der Waals surface area contributed by atoms with Crippen molar-refractivity contribution < 1.29 is 27.4 Å². The van der Waals surface area contributed by atoms with Crippen LogP contribution in [0.2, 0.25) is 0 Å². The highest BCUT2D eigenvalue weighted by Gasteiger charge is 2.39. The van der Waals surface area contributed by atoms with Gasteiger partial charge in [0.1, 0.15) is 5.69 Å². The van der Waals surface area contributed by atoms with Gasteiger partial charge >= 0.3 is 6.18 Å². The number of ketones is 1. The Morgan fingerprint density at radius 3 is 2.52 bits per heavy atom. The number of rotatable bonds is 4. The molecule has 2 fully saturated rings. The standard InChI is InChI=1S/C21H21F3N2O3/c22-21(23,24)16-3-1-2-15(12-16)13-19(27)18-14-17(4-7-25-18)26-8-5-20(6-9-26)28-10-11-29-20/h1-4,7,12,14H,5-6,8-11,13H2. The third kappa shape index (κ3) is 4.43. The van der Waals surface area contributed by atoms with Gasteiger partial charge < -0.3 is 14.4 Å². The summed E-state index contributed by atoms with van der Waals surface area (Å²) in [6, 6.07) is 8.36. The van der Waals surface area contributed by atoms with Gasteiger partial charge in [0.2, 0.25) is 0 Å². The highest BCUT2D eigenvalue weighted by atomic mass is 19.4. The van der Waals surface area contributed by atoms with Crippen LogP contribution >= 0.6 is 0 Å². The van der Waals surface area contributed by atoms with Gasteiger partial charge in [-0.1, -0.05) is 18.2 Å². The Morgan fingerprint density at radius 1 is 1.10 bits per heavy atom. The molecule has 0 saturated carbocycles. The normalized spacial score (nSPS) is 18.9. The summed E-state index contributed by atoms with van der Waals surface area (Å²) in [6.45, 7) is 2.68. The van der Waals surface area contributed by atoms with Crippen molar-refractivity contribution in [3.63, 3.8) is 0 Å². The summed E-state index contributed by atoms with van der Waals surface area (Å²) < 4.78 is 50.1. The van der Waals surface area contributed by atoms with E-state index in [-0.39, 0.29) is 17.9 Å². The number of carbonyl (C=O) groups excluding carboxylic acids is 1. The minimum Gasteiger partial charge on any atom is -0.371 e. The van der Waals surface area contributed by atoms with Crippen LogP contribution in [-0.4, -0.2) is 42.9 Å². The maximum atomic E-state index is 12.9. The van der Waals surface area contributed by atoms with Crippen LogP contribution < -0.4 is 4.90 Å². The smallest absolute Gasteiger partial charge is 0.371 e. The lowest BCUT2D eigenvalue weighted by Crippen LogP contribution is -2.45. The lowest BCUT2D eigenvalue weighted by Gasteiger charge is -2.38. The molecule has 8 heteroatoms. The van der Waals surface area contributed by atoms with E-state index in [4.69, 9.17) is 9.47 Å². The van der Waals surface area contributed by atoms with Crippen molar-refractivity contribution in [3.05, 3.63) is 59.4 Å². The highest BCUT2D eigenvalue weighted by molar-refractivity contribution is 5.96. The number of hydrogen-bond acceptors (Lipinski definition) is 5. The summed E-state index contributed by atoms with van der Waals surface area (Å²) in [5, 5.41) is 0. The van der Waals surface area contributed by atoms with E-state index in [0.717, 1.165) is 43.8 Å². The first-order chi connectivity index (χ1) is 13.8. The molecule has 2 saturated heterocycles. The fourth-order valence-corrected chi connectivity index (χ4v) is 3.79. The number of benzene rings is 1. The van der Waals surface area contributed by atoms with Crippen molar-refractivity contribution >= 4 is 11.5 Å². The zero-order valence-electron chi connectivity index (χ0n) is 15.7. The average Bonchev–Trinajstić information content (AvgIpc) is 3.16. The van der Waals surface area contributed by atoms with E-state index in [0.29, 0.717) is 18.8 Å². The summed E-state index contributed by atoms with van der Waals surface area (Å²) in [7, 11) is 0. The Hall–Kier alpha value is -2.45. The van der Waals surface area contributed by atoms with E-state index in [1.54, 1.807) is 12.3 Å². The lowest BCUT2D eigenvalue weighted by atomic mass is 10.0. The molecular formula is C21H21F3N2O3. The second-order valence-corrected chi connectivity index (χ2v) is 7.29. The second-order valence-electron chi connectivity index (χ2n) is 7.29. The number of anilines is 1. The highest BCUT2D eigenvalue weighted by Crippen LogP contribution is 2.33. The van der Waals surface area contributed by atoms with Crippen LogP contribution in [-0.2, 0) is 22.1 Å². The van der Waals surface area contributed by atoms with Gasteiger partial charge in [0.05, 0.1) is 18.8 Å². The molecule has 0 radical (unpaired) electrons. The minimum absolute atomic E-state index is 0.134. The molecule has 0 bridgehead atoms. The molecule has 0 atom stereocenters. The molecule has 0 amide bonds. The van der Waals surface area contributed by atoms with Crippen molar-refractivity contribution in [3.8, 4) is 0 Å². The number of aromatic nitrogens is 1. The number of carbonyl (C=O) groups is 1. The number of alkyl halides is 3. The fraction of sp³-hybridized carbons (Fsp3) is 0.429. The summed E-state index contributed by atoms with van der Waals surface area (Å²) in [4.78, 5) is 18.9. The number of pyridine rings is 1. The predicted molar refractivity (Wildman–Crippen MR) is 99.8 cm³/mol. The predicted octanol–water partition coefficient (Wildman–Crippen LogP) is 3.87. The molecular weight excluding hydrogens is 385 g/mol. The Morgan fingerprint density at radius 2 is 1.83 bits per heavy atom. The molecule has 0 unspecified atom stereocenters. The van der Waals surface area contributed by atoms with Crippen molar-refractivity contribution in [2.75, 3.05) is 31.2 Å². The zero-order valence-corrected chi connectivity index (χ0v) is 15.7. The average molecular weight is 406 g/mol. The van der Waals surface area contributed by atoms with Crippen LogP contribution in [0.5, 0.6) is 0 Å². The number of hydrogen-bond donors (Lipinski definition) is 0. The van der Waals surface area contributed by atoms with Crippen molar-refractivity contribution in [2.24, 2.45) is 0 Å². The van der Waals surface area contributed by atoms with E-state index in [2.05, 4.69) is 9.88 Å². The third-order valence-corrected chi connectivity index (χ3v) is 5.35. The van der Waals surface area contributed by atoms with Gasteiger partial charge in [0.15, 0.2) is 11.6 Å². The monoisotopic (exact) mass is 406 g/mol. The van der Waals surface area contributed by atoms with Crippen molar-refractivity contribution in [2.45, 2.75) is 31.2 Å². The van der Waals surface area contributed by atoms with Crippen molar-refractivity contribution in [1.29, 1.82) is 0 Å². The van der Waals surface area contributed by atoms with E-state index < -0.39 is 17.5 Å². The Bertz CT molecular complexity index is 885. The summed E-state index contributed by atoms with van der Waals surface area (Å²) in [5.74, 6) is -0.798. The molecule has 0 N–H and O–H groups in total. The van der Waals surface area contributed by atoms with Crippen LogP contribution in [0.15, 0.2) is 42.6 Å². The minimum atomic E-state index is -4.43. The Labute approximate surface area is 166 Å². The number of ether oxygens (including phenoxy) is 2. The van der Waals surface area contributed by atoms with E-state index in [1.165, 1.54) is 12.1 Å². The fourth-order valence-electron chi connectivity index (χ4n) is 3.79. The molecule has 2 aliphatic rings. The molecule has 1 aromatic carbocycles. The maximum absolute atomic E-state index is 12.9. The topological polar surface area (TPSA) is 51.7 Å².